The second-order valence-electron chi connectivity index (χ2n) is 2.61. The summed E-state index contributed by atoms with van der Waals surface area (Å²) in [6, 6.07) is 1.78. The van der Waals surface area contributed by atoms with Gasteiger partial charge in [-0.1, -0.05) is 20.8 Å². The minimum absolute atomic E-state index is 0.173. The zero-order valence-electron chi connectivity index (χ0n) is 8.72. The Morgan fingerprint density at radius 2 is 2.07 bits per heavy atom. The first-order valence-corrected chi connectivity index (χ1v) is 4.87. The van der Waals surface area contributed by atoms with Crippen LogP contribution in [0.2, 0.25) is 0 Å². The van der Waals surface area contributed by atoms with Crippen LogP contribution in [0.25, 0.3) is 11.0 Å². The van der Waals surface area contributed by atoms with Crippen LogP contribution < -0.4 is 5.69 Å². The van der Waals surface area contributed by atoms with Crippen LogP contribution in [-0.2, 0) is 6.42 Å². The Labute approximate surface area is 82.4 Å². The molecule has 0 aromatic carbocycles. The third-order valence-electron chi connectivity index (χ3n) is 1.85. The van der Waals surface area contributed by atoms with E-state index in [-0.39, 0.29) is 5.69 Å². The monoisotopic (exact) mass is 193 g/mol. The minimum atomic E-state index is -0.173. The molecule has 76 valence electrons. The number of rotatable bonds is 1. The standard InChI is InChI=1S/C8H9N3O.C2H6/c1-2-5-7-6(3-4-9-5)10-8(12)11-7;1-2/h3-4H,2H2,1H3,(H2,10,11,12);1-2H3. The van der Waals surface area contributed by atoms with Gasteiger partial charge in [-0.15, -0.1) is 0 Å². The van der Waals surface area contributed by atoms with E-state index in [1.807, 2.05) is 20.8 Å². The minimum Gasteiger partial charge on any atom is -0.306 e. The molecule has 0 spiro atoms. The molecule has 0 aliphatic heterocycles. The van der Waals surface area contributed by atoms with Gasteiger partial charge in [0.15, 0.2) is 0 Å². The molecular weight excluding hydrogens is 178 g/mol. The number of nitrogens with one attached hydrogen (secondary N) is 2. The fourth-order valence-corrected chi connectivity index (χ4v) is 1.28. The average Bonchev–Trinajstić information content (AvgIpc) is 2.60. The Morgan fingerprint density at radius 3 is 2.71 bits per heavy atom. The second kappa shape index (κ2) is 4.60. The molecule has 2 aromatic heterocycles. The molecule has 14 heavy (non-hydrogen) atoms. The molecule has 2 rings (SSSR count). The van der Waals surface area contributed by atoms with Crippen LogP contribution in [0.15, 0.2) is 17.1 Å². The first-order chi connectivity index (χ1) is 6.81. The van der Waals surface area contributed by atoms with Gasteiger partial charge >= 0.3 is 5.69 Å². The van der Waals surface area contributed by atoms with E-state index in [0.29, 0.717) is 0 Å². The van der Waals surface area contributed by atoms with Crippen molar-refractivity contribution < 1.29 is 0 Å². The van der Waals surface area contributed by atoms with Gasteiger partial charge in [0.2, 0.25) is 0 Å². The van der Waals surface area contributed by atoms with E-state index in [9.17, 15) is 4.79 Å². The maximum Gasteiger partial charge on any atom is 0.323 e. The van der Waals surface area contributed by atoms with E-state index in [0.717, 1.165) is 23.1 Å². The van der Waals surface area contributed by atoms with Crippen LogP contribution >= 0.6 is 0 Å². The number of nitrogens with zero attached hydrogens (tertiary/aromatic N) is 1. The molecule has 0 fully saturated rings. The Kier molecular flexibility index (Phi) is 3.45. The number of H-pyrrole nitrogens is 2. The summed E-state index contributed by atoms with van der Waals surface area (Å²) in [6.07, 6.45) is 2.52. The van der Waals surface area contributed by atoms with Gasteiger partial charge in [-0.25, -0.2) is 4.79 Å². The summed E-state index contributed by atoms with van der Waals surface area (Å²) >= 11 is 0. The summed E-state index contributed by atoms with van der Waals surface area (Å²) in [5.41, 5.74) is 2.40. The van der Waals surface area contributed by atoms with Crippen molar-refractivity contribution in [1.29, 1.82) is 0 Å². The highest BCUT2D eigenvalue weighted by molar-refractivity contribution is 5.76. The number of hydrogen-bond donors (Lipinski definition) is 2. The maximum absolute atomic E-state index is 10.9. The molecule has 0 saturated carbocycles. The lowest BCUT2D eigenvalue weighted by Crippen LogP contribution is -1.99. The molecule has 0 amide bonds. The summed E-state index contributed by atoms with van der Waals surface area (Å²) in [6.45, 7) is 6.01. The molecule has 2 N–H and O–H groups in total. The van der Waals surface area contributed by atoms with Gasteiger partial charge in [-0.3, -0.25) is 4.98 Å². The highest BCUT2D eigenvalue weighted by Crippen LogP contribution is 2.09. The number of imidazole rings is 1. The predicted molar refractivity (Wildman–Crippen MR) is 57.4 cm³/mol. The van der Waals surface area contributed by atoms with Gasteiger partial charge in [0.25, 0.3) is 0 Å². The highest BCUT2D eigenvalue weighted by Gasteiger charge is 2.02. The molecule has 2 aromatic rings. The fraction of sp³-hybridized carbons (Fsp3) is 0.400. The zero-order valence-corrected chi connectivity index (χ0v) is 8.72. The summed E-state index contributed by atoms with van der Waals surface area (Å²) in [5.74, 6) is 0. The number of pyridine rings is 1. The molecule has 0 bridgehead atoms. The van der Waals surface area contributed by atoms with Crippen molar-refractivity contribution in [2.24, 2.45) is 0 Å². The largest absolute Gasteiger partial charge is 0.323 e. The molecule has 0 saturated heterocycles. The average molecular weight is 193 g/mol. The molecule has 4 heteroatoms. The van der Waals surface area contributed by atoms with Crippen LogP contribution in [0.1, 0.15) is 26.5 Å². The Balaban J connectivity index is 0.000000461. The van der Waals surface area contributed by atoms with E-state index in [2.05, 4.69) is 15.0 Å². The molecule has 0 atom stereocenters. The van der Waals surface area contributed by atoms with Crippen molar-refractivity contribution in [3.8, 4) is 0 Å². The molecular formula is C10H15N3O. The number of fused-ring (bicyclic) bond motifs is 1. The van der Waals surface area contributed by atoms with Crippen LogP contribution in [0.5, 0.6) is 0 Å². The molecule has 2 heterocycles. The van der Waals surface area contributed by atoms with E-state index < -0.39 is 0 Å². The van der Waals surface area contributed by atoms with Crippen molar-refractivity contribution in [3.63, 3.8) is 0 Å². The Bertz CT molecular complexity index is 456. The van der Waals surface area contributed by atoms with Crippen LogP contribution in [-0.4, -0.2) is 15.0 Å². The van der Waals surface area contributed by atoms with Crippen molar-refractivity contribution in [2.75, 3.05) is 0 Å². The first-order valence-electron chi connectivity index (χ1n) is 4.87. The predicted octanol–water partition coefficient (Wildman–Crippen LogP) is 1.84. The lowest BCUT2D eigenvalue weighted by Gasteiger charge is -1.94. The Hall–Kier alpha value is -1.58. The van der Waals surface area contributed by atoms with Gasteiger partial charge in [0.1, 0.15) is 0 Å². The quantitative estimate of drug-likeness (QED) is 0.726. The summed E-state index contributed by atoms with van der Waals surface area (Å²) in [7, 11) is 0. The lowest BCUT2D eigenvalue weighted by atomic mass is 10.2. The van der Waals surface area contributed by atoms with Crippen molar-refractivity contribution in [3.05, 3.63) is 28.4 Å². The summed E-state index contributed by atoms with van der Waals surface area (Å²) in [4.78, 5) is 20.5. The first kappa shape index (κ1) is 10.5. The third-order valence-corrected chi connectivity index (χ3v) is 1.85. The SMILES string of the molecule is CC.CCc1nccc2[nH]c(=O)[nH]c12. The maximum atomic E-state index is 10.9. The van der Waals surface area contributed by atoms with Crippen molar-refractivity contribution in [1.82, 2.24) is 15.0 Å². The number of hydrogen-bond acceptors (Lipinski definition) is 2. The molecule has 0 aliphatic carbocycles. The van der Waals surface area contributed by atoms with Crippen LogP contribution in [0.3, 0.4) is 0 Å². The molecule has 0 radical (unpaired) electrons. The number of aromatic nitrogens is 3. The molecule has 0 aliphatic rings. The molecule has 4 nitrogen and oxygen atoms in total. The number of aromatic amines is 2. The van der Waals surface area contributed by atoms with Crippen molar-refractivity contribution >= 4 is 11.0 Å². The Morgan fingerprint density at radius 1 is 1.36 bits per heavy atom. The van der Waals surface area contributed by atoms with Crippen LogP contribution in [0.4, 0.5) is 0 Å². The summed E-state index contributed by atoms with van der Waals surface area (Å²) in [5, 5.41) is 0. The lowest BCUT2D eigenvalue weighted by molar-refractivity contribution is 1.05. The molecule has 0 unspecified atom stereocenters. The number of aryl methyl sites for hydroxylation is 1. The van der Waals surface area contributed by atoms with Gasteiger partial charge in [0.05, 0.1) is 16.7 Å². The van der Waals surface area contributed by atoms with Crippen molar-refractivity contribution in [2.45, 2.75) is 27.2 Å². The van der Waals surface area contributed by atoms with Gasteiger partial charge < -0.3 is 9.97 Å². The highest BCUT2D eigenvalue weighted by atomic mass is 16.1. The smallest absolute Gasteiger partial charge is 0.306 e. The van der Waals surface area contributed by atoms with Crippen LogP contribution in [0, 0.1) is 0 Å². The normalized spacial score (nSPS) is 9.64. The zero-order chi connectivity index (χ0) is 10.6. The van der Waals surface area contributed by atoms with E-state index in [1.165, 1.54) is 0 Å². The third kappa shape index (κ3) is 1.84. The van der Waals surface area contributed by atoms with E-state index >= 15 is 0 Å². The topological polar surface area (TPSA) is 61.5 Å². The van der Waals surface area contributed by atoms with Gasteiger partial charge in [0, 0.05) is 6.20 Å². The second-order valence-corrected chi connectivity index (χ2v) is 2.61. The van der Waals surface area contributed by atoms with Gasteiger partial charge in [-0.2, -0.15) is 0 Å². The summed E-state index contributed by atoms with van der Waals surface area (Å²) < 4.78 is 0. The van der Waals surface area contributed by atoms with E-state index in [4.69, 9.17) is 0 Å². The van der Waals surface area contributed by atoms with Gasteiger partial charge in [-0.05, 0) is 12.5 Å². The fourth-order valence-electron chi connectivity index (χ4n) is 1.28. The van der Waals surface area contributed by atoms with E-state index in [1.54, 1.807) is 12.3 Å².